The first-order chi connectivity index (χ1) is 8.81. The fraction of sp³-hybridized carbons (Fsp3) is 0.357. The maximum absolute atomic E-state index is 12.8. The zero-order valence-corrected chi connectivity index (χ0v) is 10.8. The number of hydrogen-bond donors (Lipinski definition) is 1. The Bertz CT molecular complexity index is 517. The van der Waals surface area contributed by atoms with Crippen molar-refractivity contribution in [3.63, 3.8) is 0 Å². The van der Waals surface area contributed by atoms with Gasteiger partial charge in [0.2, 0.25) is 0 Å². The third-order valence-corrected chi connectivity index (χ3v) is 4.26. The lowest BCUT2D eigenvalue weighted by molar-refractivity contribution is 0.337. The summed E-state index contributed by atoms with van der Waals surface area (Å²) in [6.07, 6.45) is 3.92. The molecule has 0 spiro atoms. The van der Waals surface area contributed by atoms with Gasteiger partial charge >= 0.3 is 0 Å². The highest BCUT2D eigenvalue weighted by Gasteiger charge is 2.16. The van der Waals surface area contributed by atoms with Crippen molar-refractivity contribution in [2.24, 2.45) is 0 Å². The molecule has 2 nitrogen and oxygen atoms in total. The first kappa shape index (κ1) is 11.8. The van der Waals surface area contributed by atoms with Gasteiger partial charge < -0.3 is 5.32 Å². The topological polar surface area (TPSA) is 24.9 Å². The van der Waals surface area contributed by atoms with Crippen LogP contribution in [0.1, 0.15) is 25.0 Å². The molecule has 0 bridgehead atoms. The van der Waals surface area contributed by atoms with E-state index < -0.39 is 0 Å². The Labute approximate surface area is 110 Å². The van der Waals surface area contributed by atoms with Gasteiger partial charge in [0.05, 0.1) is 5.69 Å². The lowest BCUT2D eigenvalue weighted by Gasteiger charge is -2.26. The molecule has 0 saturated heterocycles. The molecule has 1 aliphatic rings. The summed E-state index contributed by atoms with van der Waals surface area (Å²) in [6, 6.07) is 7.18. The van der Waals surface area contributed by atoms with Gasteiger partial charge in [-0.1, -0.05) is 6.42 Å². The molecule has 0 atom stereocenters. The van der Waals surface area contributed by atoms with Crippen molar-refractivity contribution in [2.45, 2.75) is 31.8 Å². The summed E-state index contributed by atoms with van der Waals surface area (Å²) in [5, 5.41) is 6.53. The summed E-state index contributed by atoms with van der Waals surface area (Å²) < 4.78 is 12.8. The Hall–Kier alpha value is -1.26. The van der Waals surface area contributed by atoms with E-state index in [1.165, 1.54) is 31.4 Å². The van der Waals surface area contributed by atoms with Crippen LogP contribution in [0.25, 0.3) is 10.6 Å². The van der Waals surface area contributed by atoms with Gasteiger partial charge in [0.1, 0.15) is 10.8 Å². The van der Waals surface area contributed by atoms with Gasteiger partial charge in [0, 0.05) is 23.5 Å². The SMILES string of the molecule is Fc1ccc(-c2nc(CNC3CCC3)cs2)cc1. The summed E-state index contributed by atoms with van der Waals surface area (Å²) in [6.45, 7) is 0.836. The van der Waals surface area contributed by atoms with E-state index in [9.17, 15) is 4.39 Å². The molecule has 0 radical (unpaired) electrons. The highest BCUT2D eigenvalue weighted by atomic mass is 32.1. The summed E-state index contributed by atoms with van der Waals surface area (Å²) in [4.78, 5) is 4.57. The van der Waals surface area contributed by atoms with E-state index in [1.54, 1.807) is 23.5 Å². The predicted molar refractivity (Wildman–Crippen MR) is 72.0 cm³/mol. The Morgan fingerprint density at radius 2 is 2.06 bits per heavy atom. The number of aromatic nitrogens is 1. The molecule has 1 aliphatic carbocycles. The molecule has 0 aliphatic heterocycles. The van der Waals surface area contributed by atoms with Crippen LogP contribution >= 0.6 is 11.3 Å². The second-order valence-electron chi connectivity index (χ2n) is 4.66. The Kier molecular flexibility index (Phi) is 3.39. The van der Waals surface area contributed by atoms with Gasteiger partial charge in [-0.25, -0.2) is 9.37 Å². The van der Waals surface area contributed by atoms with E-state index in [0.717, 1.165) is 22.8 Å². The largest absolute Gasteiger partial charge is 0.308 e. The van der Waals surface area contributed by atoms with Crippen molar-refractivity contribution >= 4 is 11.3 Å². The zero-order valence-electron chi connectivity index (χ0n) is 10.0. The molecule has 1 heterocycles. The summed E-state index contributed by atoms with van der Waals surface area (Å²) in [7, 11) is 0. The average molecular weight is 262 g/mol. The van der Waals surface area contributed by atoms with Crippen LogP contribution in [0.3, 0.4) is 0 Å². The van der Waals surface area contributed by atoms with E-state index in [4.69, 9.17) is 0 Å². The molecule has 1 aromatic heterocycles. The fourth-order valence-electron chi connectivity index (χ4n) is 1.97. The molecule has 1 aromatic carbocycles. The van der Waals surface area contributed by atoms with Crippen LogP contribution in [0, 0.1) is 5.82 Å². The highest BCUT2D eigenvalue weighted by molar-refractivity contribution is 7.13. The summed E-state index contributed by atoms with van der Waals surface area (Å²) in [5.74, 6) is -0.206. The normalized spacial score (nSPS) is 15.6. The van der Waals surface area contributed by atoms with Gasteiger partial charge in [-0.05, 0) is 37.1 Å². The second-order valence-corrected chi connectivity index (χ2v) is 5.52. The number of thiazole rings is 1. The number of nitrogens with one attached hydrogen (secondary N) is 1. The van der Waals surface area contributed by atoms with Crippen molar-refractivity contribution in [1.82, 2.24) is 10.3 Å². The third-order valence-electron chi connectivity index (χ3n) is 3.32. The molecule has 1 N–H and O–H groups in total. The lowest BCUT2D eigenvalue weighted by atomic mass is 9.93. The van der Waals surface area contributed by atoms with Gasteiger partial charge in [0.25, 0.3) is 0 Å². The summed E-state index contributed by atoms with van der Waals surface area (Å²) >= 11 is 1.61. The molecule has 1 fully saturated rings. The van der Waals surface area contributed by atoms with Crippen LogP contribution in [-0.4, -0.2) is 11.0 Å². The van der Waals surface area contributed by atoms with Gasteiger partial charge in [0.15, 0.2) is 0 Å². The number of rotatable bonds is 4. The first-order valence-electron chi connectivity index (χ1n) is 6.25. The van der Waals surface area contributed by atoms with Gasteiger partial charge in [-0.15, -0.1) is 11.3 Å². The first-order valence-corrected chi connectivity index (χ1v) is 7.13. The van der Waals surface area contributed by atoms with Crippen LogP contribution in [0.2, 0.25) is 0 Å². The minimum absolute atomic E-state index is 0.206. The third kappa shape index (κ3) is 2.60. The zero-order chi connectivity index (χ0) is 12.4. The monoisotopic (exact) mass is 262 g/mol. The van der Waals surface area contributed by atoms with E-state index >= 15 is 0 Å². The molecule has 4 heteroatoms. The molecule has 0 amide bonds. The van der Waals surface area contributed by atoms with Crippen LogP contribution in [0.4, 0.5) is 4.39 Å². The molecule has 3 rings (SSSR count). The molecule has 18 heavy (non-hydrogen) atoms. The maximum Gasteiger partial charge on any atom is 0.123 e. The van der Waals surface area contributed by atoms with E-state index in [0.29, 0.717) is 6.04 Å². The van der Waals surface area contributed by atoms with Gasteiger partial charge in [-0.2, -0.15) is 0 Å². The number of halogens is 1. The van der Waals surface area contributed by atoms with Gasteiger partial charge in [-0.3, -0.25) is 0 Å². The maximum atomic E-state index is 12.8. The standard InChI is InChI=1S/C14H15FN2S/c15-11-6-4-10(5-7-11)14-17-13(9-18-14)8-16-12-2-1-3-12/h4-7,9,12,16H,1-3,8H2. The Morgan fingerprint density at radius 1 is 1.28 bits per heavy atom. The molecular weight excluding hydrogens is 247 g/mol. The van der Waals surface area contributed by atoms with Crippen LogP contribution < -0.4 is 5.32 Å². The van der Waals surface area contributed by atoms with Crippen molar-refractivity contribution in [2.75, 3.05) is 0 Å². The second kappa shape index (κ2) is 5.16. The lowest BCUT2D eigenvalue weighted by Crippen LogP contribution is -2.34. The Balaban J connectivity index is 1.66. The van der Waals surface area contributed by atoms with Crippen LogP contribution in [0.15, 0.2) is 29.6 Å². The van der Waals surface area contributed by atoms with Crippen molar-refractivity contribution in [3.05, 3.63) is 41.2 Å². The number of benzene rings is 1. The van der Waals surface area contributed by atoms with Crippen LogP contribution in [-0.2, 0) is 6.54 Å². The van der Waals surface area contributed by atoms with E-state index in [1.807, 2.05) is 0 Å². The van der Waals surface area contributed by atoms with Crippen molar-refractivity contribution in [3.8, 4) is 10.6 Å². The quantitative estimate of drug-likeness (QED) is 0.910. The van der Waals surface area contributed by atoms with Crippen molar-refractivity contribution < 1.29 is 4.39 Å². The van der Waals surface area contributed by atoms with E-state index in [2.05, 4.69) is 15.7 Å². The molecular formula is C14H15FN2S. The van der Waals surface area contributed by atoms with E-state index in [-0.39, 0.29) is 5.82 Å². The Morgan fingerprint density at radius 3 is 2.72 bits per heavy atom. The molecule has 0 unspecified atom stereocenters. The summed E-state index contributed by atoms with van der Waals surface area (Å²) in [5.41, 5.74) is 2.06. The average Bonchev–Trinajstić information content (AvgIpc) is 2.77. The minimum atomic E-state index is -0.206. The smallest absolute Gasteiger partial charge is 0.123 e. The molecule has 2 aromatic rings. The minimum Gasteiger partial charge on any atom is -0.308 e. The fourth-order valence-corrected chi connectivity index (χ4v) is 2.80. The highest BCUT2D eigenvalue weighted by Crippen LogP contribution is 2.24. The number of nitrogens with zero attached hydrogens (tertiary/aromatic N) is 1. The van der Waals surface area contributed by atoms with Crippen LogP contribution in [0.5, 0.6) is 0 Å². The molecule has 1 saturated carbocycles. The number of hydrogen-bond acceptors (Lipinski definition) is 3. The predicted octanol–water partition coefficient (Wildman–Crippen LogP) is 3.59. The molecule has 94 valence electrons. The van der Waals surface area contributed by atoms with Crippen molar-refractivity contribution in [1.29, 1.82) is 0 Å².